The van der Waals surface area contributed by atoms with Crippen molar-refractivity contribution in [2.24, 2.45) is 0 Å². The van der Waals surface area contributed by atoms with E-state index >= 15 is 0 Å². The molecule has 4 rings (SSSR count). The number of ether oxygens (including phenoxy) is 1. The molecule has 0 saturated heterocycles. The van der Waals surface area contributed by atoms with Crippen molar-refractivity contribution >= 4 is 21.8 Å². The number of rotatable bonds is 16. The molecule has 0 bridgehead atoms. The van der Waals surface area contributed by atoms with Crippen LogP contribution in [0.2, 0.25) is 0 Å². The Morgan fingerprint density at radius 1 is 0.756 bits per heavy atom. The van der Waals surface area contributed by atoms with E-state index in [9.17, 15) is 18.0 Å². The molecule has 0 fully saturated rings. The lowest BCUT2D eigenvalue weighted by molar-refractivity contribution is -0.141. The number of sulfonamides is 1. The summed E-state index contributed by atoms with van der Waals surface area (Å²) in [7, 11) is -1.97. The molecule has 0 radical (unpaired) electrons. The van der Waals surface area contributed by atoms with Crippen LogP contribution in [-0.4, -0.2) is 51.4 Å². The van der Waals surface area contributed by atoms with Gasteiger partial charge in [-0.2, -0.15) is 0 Å². The van der Waals surface area contributed by atoms with Crippen molar-refractivity contribution in [2.45, 2.75) is 50.1 Å². The van der Waals surface area contributed by atoms with E-state index < -0.39 is 16.1 Å². The maximum Gasteiger partial charge on any atom is 0.243 e. The lowest BCUT2D eigenvalue weighted by Crippen LogP contribution is -2.50. The molecule has 4 aromatic carbocycles. The topological polar surface area (TPSA) is 105 Å². The summed E-state index contributed by atoms with van der Waals surface area (Å²) < 4.78 is 32.5. The first kappa shape index (κ1) is 33.4. The van der Waals surface area contributed by atoms with Crippen LogP contribution in [-0.2, 0) is 45.4 Å². The maximum atomic E-state index is 14.0. The highest BCUT2D eigenvalue weighted by Gasteiger charge is 2.30. The highest BCUT2D eigenvalue weighted by molar-refractivity contribution is 7.89. The number of nitrogens with zero attached hydrogens (tertiary/aromatic N) is 1. The van der Waals surface area contributed by atoms with E-state index in [0.29, 0.717) is 38.1 Å². The summed E-state index contributed by atoms with van der Waals surface area (Å²) in [4.78, 5) is 29.7. The molecule has 0 unspecified atom stereocenters. The van der Waals surface area contributed by atoms with Crippen LogP contribution in [0.3, 0.4) is 0 Å². The number of carbonyl (C=O) groups is 2. The zero-order valence-electron chi connectivity index (χ0n) is 25.8. The van der Waals surface area contributed by atoms with Gasteiger partial charge in [-0.15, -0.1) is 0 Å². The molecule has 4 aromatic rings. The standard InChI is InChI=1S/C36H41N3O5S/c1-3-38-45(42,43)33-21-16-29(17-22-33)18-23-35(40)39(27-31-14-19-32(44-2)20-15-31)34(26-30-12-8-5-9-13-30)36(41)37-25-24-28-10-6-4-7-11-28/h4-17,19-22,34,38H,3,18,23-27H2,1-2H3,(H,37,41)/t34-/m1/s1. The largest absolute Gasteiger partial charge is 0.497 e. The predicted molar refractivity (Wildman–Crippen MR) is 176 cm³/mol. The molecule has 2 amide bonds. The molecule has 0 heterocycles. The molecule has 236 valence electrons. The highest BCUT2D eigenvalue weighted by Crippen LogP contribution is 2.20. The molecule has 1 atom stereocenters. The Balaban J connectivity index is 1.56. The fraction of sp³-hybridized carbons (Fsp3) is 0.278. The average Bonchev–Trinajstić information content (AvgIpc) is 3.06. The Morgan fingerprint density at radius 3 is 1.93 bits per heavy atom. The van der Waals surface area contributed by atoms with Gasteiger partial charge in [-0.25, -0.2) is 13.1 Å². The molecule has 0 spiro atoms. The molecule has 0 aliphatic carbocycles. The third-order valence-electron chi connectivity index (χ3n) is 7.53. The van der Waals surface area contributed by atoms with Crippen molar-refractivity contribution in [2.75, 3.05) is 20.2 Å². The lowest BCUT2D eigenvalue weighted by Gasteiger charge is -2.32. The second kappa shape index (κ2) is 16.6. The summed E-state index contributed by atoms with van der Waals surface area (Å²) in [6, 6.07) is 32.9. The molecular weight excluding hydrogens is 586 g/mol. The Labute approximate surface area is 266 Å². The zero-order valence-corrected chi connectivity index (χ0v) is 26.6. The molecular formula is C36H41N3O5S. The molecule has 8 nitrogen and oxygen atoms in total. The summed E-state index contributed by atoms with van der Waals surface area (Å²) in [6.45, 7) is 2.71. The second-order valence-electron chi connectivity index (χ2n) is 10.7. The Morgan fingerprint density at radius 2 is 1.33 bits per heavy atom. The number of nitrogens with one attached hydrogen (secondary N) is 2. The summed E-state index contributed by atoms with van der Waals surface area (Å²) in [5.74, 6) is 0.319. The lowest BCUT2D eigenvalue weighted by atomic mass is 10.0. The Hall–Kier alpha value is -4.47. The van der Waals surface area contributed by atoms with Crippen LogP contribution in [0.25, 0.3) is 0 Å². The van der Waals surface area contributed by atoms with Crippen molar-refractivity contribution in [3.63, 3.8) is 0 Å². The van der Waals surface area contributed by atoms with E-state index in [0.717, 1.165) is 22.3 Å². The Kier molecular flexibility index (Phi) is 12.3. The first-order valence-corrected chi connectivity index (χ1v) is 16.6. The number of hydrogen-bond donors (Lipinski definition) is 2. The van der Waals surface area contributed by atoms with Gasteiger partial charge in [-0.1, -0.05) is 91.9 Å². The van der Waals surface area contributed by atoms with Gasteiger partial charge in [0.05, 0.1) is 12.0 Å². The molecule has 2 N–H and O–H groups in total. The minimum absolute atomic E-state index is 0.151. The maximum absolute atomic E-state index is 14.0. The number of aryl methyl sites for hydroxylation is 1. The number of amides is 2. The molecule has 9 heteroatoms. The van der Waals surface area contributed by atoms with Crippen LogP contribution in [0, 0.1) is 0 Å². The van der Waals surface area contributed by atoms with Gasteiger partial charge in [0.2, 0.25) is 21.8 Å². The van der Waals surface area contributed by atoms with E-state index in [-0.39, 0.29) is 29.7 Å². The van der Waals surface area contributed by atoms with Gasteiger partial charge in [0.1, 0.15) is 11.8 Å². The van der Waals surface area contributed by atoms with Crippen LogP contribution in [0.4, 0.5) is 0 Å². The van der Waals surface area contributed by atoms with Gasteiger partial charge in [-0.05, 0) is 59.4 Å². The van der Waals surface area contributed by atoms with Gasteiger partial charge in [0.25, 0.3) is 0 Å². The van der Waals surface area contributed by atoms with Crippen molar-refractivity contribution in [3.05, 3.63) is 131 Å². The summed E-state index contributed by atoms with van der Waals surface area (Å²) in [6.07, 6.45) is 1.58. The number of carbonyl (C=O) groups excluding carboxylic acids is 2. The van der Waals surface area contributed by atoms with Gasteiger partial charge in [0, 0.05) is 32.5 Å². The molecule has 0 aromatic heterocycles. The van der Waals surface area contributed by atoms with Gasteiger partial charge in [0.15, 0.2) is 0 Å². The summed E-state index contributed by atoms with van der Waals surface area (Å²) >= 11 is 0. The van der Waals surface area contributed by atoms with Gasteiger partial charge in [-0.3, -0.25) is 9.59 Å². The van der Waals surface area contributed by atoms with E-state index in [2.05, 4.69) is 10.0 Å². The SMILES string of the molecule is CCNS(=O)(=O)c1ccc(CCC(=O)N(Cc2ccc(OC)cc2)[C@H](Cc2ccccc2)C(=O)NCCc2ccccc2)cc1. The second-order valence-corrected chi connectivity index (χ2v) is 12.5. The van der Waals surface area contributed by atoms with Crippen molar-refractivity contribution in [3.8, 4) is 5.75 Å². The monoisotopic (exact) mass is 627 g/mol. The van der Waals surface area contributed by atoms with Crippen LogP contribution >= 0.6 is 0 Å². The van der Waals surface area contributed by atoms with Crippen LogP contribution in [0.1, 0.15) is 35.6 Å². The van der Waals surface area contributed by atoms with Crippen LogP contribution in [0.15, 0.2) is 114 Å². The van der Waals surface area contributed by atoms with Gasteiger partial charge < -0.3 is 15.0 Å². The predicted octanol–water partition coefficient (Wildman–Crippen LogP) is 4.93. The first-order valence-electron chi connectivity index (χ1n) is 15.2. The minimum Gasteiger partial charge on any atom is -0.497 e. The highest BCUT2D eigenvalue weighted by atomic mass is 32.2. The molecule has 0 saturated carbocycles. The summed E-state index contributed by atoms with van der Waals surface area (Å²) in [5, 5.41) is 3.08. The van der Waals surface area contributed by atoms with Crippen molar-refractivity contribution < 1.29 is 22.7 Å². The zero-order chi connectivity index (χ0) is 32.1. The molecule has 0 aliphatic rings. The van der Waals surface area contributed by atoms with E-state index in [1.54, 1.807) is 43.2 Å². The number of hydrogen-bond acceptors (Lipinski definition) is 5. The smallest absolute Gasteiger partial charge is 0.243 e. The Bertz CT molecular complexity index is 1610. The number of methoxy groups -OCH3 is 1. The van der Waals surface area contributed by atoms with E-state index in [4.69, 9.17) is 4.74 Å². The van der Waals surface area contributed by atoms with Crippen LogP contribution in [0.5, 0.6) is 5.75 Å². The number of benzene rings is 4. The molecule has 45 heavy (non-hydrogen) atoms. The molecule has 0 aliphatic heterocycles. The quantitative estimate of drug-likeness (QED) is 0.184. The average molecular weight is 628 g/mol. The third-order valence-corrected chi connectivity index (χ3v) is 9.10. The fourth-order valence-electron chi connectivity index (χ4n) is 5.08. The third kappa shape index (κ3) is 10.0. The van der Waals surface area contributed by atoms with Gasteiger partial charge >= 0.3 is 0 Å². The normalized spacial score (nSPS) is 11.9. The van der Waals surface area contributed by atoms with Crippen LogP contribution < -0.4 is 14.8 Å². The van der Waals surface area contributed by atoms with Crippen molar-refractivity contribution in [1.82, 2.24) is 14.9 Å². The van der Waals surface area contributed by atoms with E-state index in [1.165, 1.54) is 0 Å². The fourth-order valence-corrected chi connectivity index (χ4v) is 6.12. The first-order chi connectivity index (χ1) is 21.8. The van der Waals surface area contributed by atoms with Crippen molar-refractivity contribution in [1.29, 1.82) is 0 Å². The summed E-state index contributed by atoms with van der Waals surface area (Å²) in [5.41, 5.74) is 3.77. The van der Waals surface area contributed by atoms with E-state index in [1.807, 2.05) is 84.9 Å². The minimum atomic E-state index is -3.57.